The van der Waals surface area contributed by atoms with Gasteiger partial charge >= 0.3 is 11.9 Å². The van der Waals surface area contributed by atoms with Crippen molar-refractivity contribution in [2.24, 2.45) is 0 Å². The number of carbonyl (C=O) groups is 2. The third-order valence-corrected chi connectivity index (χ3v) is 9.21. The highest BCUT2D eigenvalue weighted by Crippen LogP contribution is 2.38. The number of rotatable bonds is 37. The second kappa shape index (κ2) is 38.0. The maximum Gasteiger partial charge on any atom is 0.306 e. The molecule has 0 bridgehead atoms. The summed E-state index contributed by atoms with van der Waals surface area (Å²) in [5.74, 6) is -1.14. The van der Waals surface area contributed by atoms with Gasteiger partial charge in [-0.1, -0.05) is 154 Å². The van der Waals surface area contributed by atoms with Crippen LogP contribution in [0.4, 0.5) is 0 Å². The summed E-state index contributed by atoms with van der Waals surface area (Å²) >= 11 is 0. The summed E-state index contributed by atoms with van der Waals surface area (Å²) in [5.41, 5.74) is 0. The molecule has 9 nitrogen and oxygen atoms in total. The molecule has 0 aromatic heterocycles. The molecule has 0 radical (unpaired) electrons. The van der Waals surface area contributed by atoms with Gasteiger partial charge in [0.25, 0.3) is 7.82 Å². The highest BCUT2D eigenvalue weighted by atomic mass is 31.2. The summed E-state index contributed by atoms with van der Waals surface area (Å²) in [5, 5.41) is 0. The van der Waals surface area contributed by atoms with Crippen molar-refractivity contribution >= 4 is 19.8 Å². The number of carbonyl (C=O) groups excluding carboxylic acids is 2. The minimum Gasteiger partial charge on any atom is -0.756 e. The molecular weight excluding hydrogens is 641 g/mol. The zero-order chi connectivity index (χ0) is 39.7. The Balaban J connectivity index is 0. The van der Waals surface area contributed by atoms with Crippen LogP contribution < -0.4 is 11.0 Å². The molecule has 0 aromatic carbocycles. The van der Waals surface area contributed by atoms with E-state index < -0.39 is 52.5 Å². The minimum atomic E-state index is -5.47. The van der Waals surface area contributed by atoms with E-state index in [1.165, 1.54) is 96.3 Å². The molecule has 0 aromatic rings. The largest absolute Gasteiger partial charge is 0.756 e. The molecule has 292 valence electrons. The Kier molecular flexibility index (Phi) is 31.4. The monoisotopic (exact) mass is 725 g/mol. The predicted octanol–water partition coefficient (Wildman–Crippen LogP) is 11.9. The second-order valence-electron chi connectivity index (χ2n) is 13.1. The molecule has 10 heteroatoms. The van der Waals surface area contributed by atoms with E-state index >= 15 is 0 Å². The molecule has 0 heterocycles. The Hall–Kier alpha value is -1.25. The van der Waals surface area contributed by atoms with E-state index in [1.54, 1.807) is 0 Å². The van der Waals surface area contributed by atoms with E-state index in [0.29, 0.717) is 12.8 Å². The van der Waals surface area contributed by atoms with Crippen molar-refractivity contribution in [2.75, 3.05) is 19.8 Å². The Morgan fingerprint density at radius 3 is 1.49 bits per heavy atom. The molecule has 0 amide bonds. The first-order valence-electron chi connectivity index (χ1n) is 21.9. The SMILES string of the molecule is [2H]C([2H])([2H])C([2H])([2H])OP(=O)([O-])OC[C@@H](COC(=O)CCCCCCCCCCCCCCC)OC(=O)CCCCCCC/C=C\CCCCCCCC.[NH4+]. The molecular formula is C39H78NO8P. The maximum atomic E-state index is 12.6. The average Bonchev–Trinajstić information content (AvgIpc) is 3.08. The van der Waals surface area contributed by atoms with Gasteiger partial charge in [-0.05, 0) is 45.4 Å². The lowest BCUT2D eigenvalue weighted by atomic mass is 10.0. The number of allylic oxidation sites excluding steroid dienone is 2. The fourth-order valence-corrected chi connectivity index (χ4v) is 6.02. The standard InChI is InChI=1S/C39H75O8P.H3N/c1-4-7-9-11-13-15-17-19-20-22-24-26-28-30-32-34-39(41)47-37(36-46-48(42,43)45-6-3)35-44-38(40)33-31-29-27-25-23-21-18-16-14-12-10-8-5-2;/h19-20,37H,4-18,21-36H2,1-3H3,(H,42,43);1H3/b20-19-;/t37-;/m1./s1/i3D3,6D2;. The first kappa shape index (κ1) is 40.5. The normalized spacial score (nSPS) is 15.3. The summed E-state index contributed by atoms with van der Waals surface area (Å²) < 4.78 is 68.0. The molecule has 2 atom stereocenters. The first-order chi connectivity index (χ1) is 25.2. The van der Waals surface area contributed by atoms with E-state index in [4.69, 9.17) is 16.3 Å². The highest BCUT2D eigenvalue weighted by molar-refractivity contribution is 7.45. The van der Waals surface area contributed by atoms with Crippen molar-refractivity contribution in [2.45, 2.75) is 207 Å². The number of ether oxygens (including phenoxy) is 2. The number of phosphoric ester groups is 1. The fourth-order valence-electron chi connectivity index (χ4n) is 5.50. The van der Waals surface area contributed by atoms with Gasteiger partial charge in [0.1, 0.15) is 6.61 Å². The van der Waals surface area contributed by atoms with Gasteiger partial charge in [-0.15, -0.1) is 0 Å². The van der Waals surface area contributed by atoms with Gasteiger partial charge in [0, 0.05) is 17.0 Å². The summed E-state index contributed by atoms with van der Waals surface area (Å²) in [7, 11) is -5.47. The molecule has 0 fully saturated rings. The van der Waals surface area contributed by atoms with Gasteiger partial charge in [0.15, 0.2) is 6.10 Å². The Labute approximate surface area is 308 Å². The smallest absolute Gasteiger partial charge is 0.306 e. The molecule has 0 saturated carbocycles. The molecule has 0 saturated heterocycles. The van der Waals surface area contributed by atoms with Gasteiger partial charge < -0.3 is 29.6 Å². The zero-order valence-electron chi connectivity index (χ0n) is 36.7. The van der Waals surface area contributed by atoms with Crippen LogP contribution in [0.3, 0.4) is 0 Å². The van der Waals surface area contributed by atoms with Crippen LogP contribution in [0.1, 0.15) is 207 Å². The third kappa shape index (κ3) is 37.8. The lowest BCUT2D eigenvalue weighted by Gasteiger charge is -2.25. The van der Waals surface area contributed by atoms with Crippen LogP contribution in [0.5, 0.6) is 0 Å². The number of hydrogen-bond donors (Lipinski definition) is 1. The second-order valence-corrected chi connectivity index (χ2v) is 14.4. The number of esters is 2. The van der Waals surface area contributed by atoms with Gasteiger partial charge in [0.05, 0.1) is 15.9 Å². The first-order valence-corrected chi connectivity index (χ1v) is 20.9. The Morgan fingerprint density at radius 2 is 1.04 bits per heavy atom. The van der Waals surface area contributed by atoms with Gasteiger partial charge in [-0.25, -0.2) is 0 Å². The van der Waals surface area contributed by atoms with E-state index in [-0.39, 0.29) is 19.0 Å². The molecule has 0 aliphatic rings. The Bertz CT molecular complexity index is 987. The molecule has 1 unspecified atom stereocenters. The predicted molar refractivity (Wildman–Crippen MR) is 202 cm³/mol. The topological polar surface area (TPSA) is 148 Å². The van der Waals surface area contributed by atoms with Gasteiger partial charge in [-0.3, -0.25) is 14.2 Å². The number of unbranched alkanes of at least 4 members (excludes halogenated alkanes) is 23. The number of hydrogen-bond acceptors (Lipinski definition) is 8. The fraction of sp³-hybridized carbons (Fsp3) is 0.897. The molecule has 0 aliphatic carbocycles. The molecule has 4 N–H and O–H groups in total. The number of phosphoric acid groups is 1. The summed E-state index contributed by atoms with van der Waals surface area (Å²) in [6.07, 6.45) is 33.1. The van der Waals surface area contributed by atoms with Crippen LogP contribution >= 0.6 is 7.82 Å². The summed E-state index contributed by atoms with van der Waals surface area (Å²) in [6, 6.07) is 0. The minimum absolute atomic E-state index is 0. The molecule has 0 spiro atoms. The van der Waals surface area contributed by atoms with Crippen LogP contribution in [0.15, 0.2) is 12.2 Å². The maximum absolute atomic E-state index is 12.6. The van der Waals surface area contributed by atoms with Crippen molar-refractivity contribution in [3.05, 3.63) is 12.2 Å². The molecule has 0 rings (SSSR count). The van der Waals surface area contributed by atoms with Gasteiger partial charge in [0.2, 0.25) is 0 Å². The van der Waals surface area contributed by atoms with E-state index in [1.807, 2.05) is 0 Å². The van der Waals surface area contributed by atoms with E-state index in [9.17, 15) is 19.0 Å². The third-order valence-electron chi connectivity index (χ3n) is 8.43. The molecule has 49 heavy (non-hydrogen) atoms. The summed E-state index contributed by atoms with van der Waals surface area (Å²) in [4.78, 5) is 37.2. The van der Waals surface area contributed by atoms with Crippen molar-refractivity contribution in [3.8, 4) is 0 Å². The average molecular weight is 725 g/mol. The highest BCUT2D eigenvalue weighted by Gasteiger charge is 2.20. The van der Waals surface area contributed by atoms with Crippen molar-refractivity contribution in [3.63, 3.8) is 0 Å². The number of quaternary nitrogens is 1. The quantitative estimate of drug-likeness (QED) is 0.0288. The summed E-state index contributed by atoms with van der Waals surface area (Å²) in [6.45, 7) is -3.77. The van der Waals surface area contributed by atoms with Crippen molar-refractivity contribution < 1.29 is 44.4 Å². The van der Waals surface area contributed by atoms with E-state index in [0.717, 1.165) is 57.8 Å². The van der Waals surface area contributed by atoms with Crippen LogP contribution in [-0.4, -0.2) is 37.8 Å². The van der Waals surface area contributed by atoms with Crippen LogP contribution in [-0.2, 0) is 32.7 Å². The Morgan fingerprint density at radius 1 is 0.633 bits per heavy atom. The van der Waals surface area contributed by atoms with Crippen molar-refractivity contribution in [1.29, 1.82) is 0 Å². The van der Waals surface area contributed by atoms with Gasteiger partial charge in [-0.2, -0.15) is 0 Å². The lowest BCUT2D eigenvalue weighted by Crippen LogP contribution is -2.30. The lowest BCUT2D eigenvalue weighted by molar-refractivity contribution is -0.228. The van der Waals surface area contributed by atoms with E-state index in [2.05, 4.69) is 35.0 Å². The van der Waals surface area contributed by atoms with Crippen LogP contribution in [0.2, 0.25) is 0 Å². The molecule has 0 aliphatic heterocycles. The zero-order valence-corrected chi connectivity index (χ0v) is 32.6. The van der Waals surface area contributed by atoms with Crippen molar-refractivity contribution in [1.82, 2.24) is 6.15 Å². The van der Waals surface area contributed by atoms with Crippen LogP contribution in [0, 0.1) is 0 Å². The van der Waals surface area contributed by atoms with Crippen LogP contribution in [0.25, 0.3) is 0 Å².